The minimum absolute atomic E-state index is 0.0202. The Labute approximate surface area is 106 Å². The van der Waals surface area contributed by atoms with Crippen LogP contribution in [0.1, 0.15) is 25.8 Å². The summed E-state index contributed by atoms with van der Waals surface area (Å²) in [6.45, 7) is 3.49. The summed E-state index contributed by atoms with van der Waals surface area (Å²) in [7, 11) is 1.42. The van der Waals surface area contributed by atoms with Crippen LogP contribution < -0.4 is 4.74 Å². The maximum atomic E-state index is 11.4. The highest BCUT2D eigenvalue weighted by Crippen LogP contribution is 2.33. The van der Waals surface area contributed by atoms with Gasteiger partial charge in [-0.3, -0.25) is 4.79 Å². The molecule has 0 bridgehead atoms. The molecule has 0 aromatic heterocycles. The SMILES string of the molecule is CCOC(=O)CC(C)(O)c1ccc(O)c(OC)c1. The summed E-state index contributed by atoms with van der Waals surface area (Å²) < 4.78 is 9.76. The van der Waals surface area contributed by atoms with E-state index < -0.39 is 11.6 Å². The fraction of sp³-hybridized carbons (Fsp3) is 0.462. The smallest absolute Gasteiger partial charge is 0.309 e. The number of hydrogen-bond acceptors (Lipinski definition) is 5. The van der Waals surface area contributed by atoms with Crippen molar-refractivity contribution in [2.24, 2.45) is 0 Å². The van der Waals surface area contributed by atoms with Crippen molar-refractivity contribution < 1.29 is 24.5 Å². The molecule has 0 aliphatic carbocycles. The highest BCUT2D eigenvalue weighted by atomic mass is 16.5. The van der Waals surface area contributed by atoms with Crippen molar-refractivity contribution in [3.8, 4) is 11.5 Å². The molecule has 1 aromatic rings. The van der Waals surface area contributed by atoms with Gasteiger partial charge in [0.15, 0.2) is 11.5 Å². The van der Waals surface area contributed by atoms with E-state index in [0.29, 0.717) is 5.56 Å². The Kier molecular flexibility index (Phi) is 4.55. The summed E-state index contributed by atoms with van der Waals surface area (Å²) in [4.78, 5) is 11.4. The van der Waals surface area contributed by atoms with Crippen LogP contribution in [-0.4, -0.2) is 29.9 Å². The molecule has 1 aromatic carbocycles. The molecule has 5 heteroatoms. The maximum Gasteiger partial charge on any atom is 0.309 e. The fourth-order valence-electron chi connectivity index (χ4n) is 1.61. The number of esters is 1. The summed E-state index contributed by atoms with van der Waals surface area (Å²) in [5, 5.41) is 19.7. The number of carbonyl (C=O) groups excluding carboxylic acids is 1. The van der Waals surface area contributed by atoms with Crippen LogP contribution in [0.4, 0.5) is 0 Å². The molecule has 1 unspecified atom stereocenters. The molecular weight excluding hydrogens is 236 g/mol. The number of phenolic OH excluding ortho intramolecular Hbond substituents is 1. The van der Waals surface area contributed by atoms with Gasteiger partial charge in [0.1, 0.15) is 0 Å². The van der Waals surface area contributed by atoms with E-state index in [1.807, 2.05) is 0 Å². The molecule has 0 radical (unpaired) electrons. The lowest BCUT2D eigenvalue weighted by Gasteiger charge is -2.23. The summed E-state index contributed by atoms with van der Waals surface area (Å²) in [5.41, 5.74) is -0.891. The van der Waals surface area contributed by atoms with Crippen molar-refractivity contribution in [3.63, 3.8) is 0 Å². The van der Waals surface area contributed by atoms with Gasteiger partial charge in [0.25, 0.3) is 0 Å². The molecular formula is C13H18O5. The normalized spacial score (nSPS) is 13.8. The third kappa shape index (κ3) is 3.37. The van der Waals surface area contributed by atoms with Crippen LogP contribution in [0.5, 0.6) is 11.5 Å². The van der Waals surface area contributed by atoms with Gasteiger partial charge in [-0.25, -0.2) is 0 Å². The number of aliphatic hydroxyl groups is 1. The summed E-state index contributed by atoms with van der Waals surface area (Å²) in [6.07, 6.45) is -0.158. The first-order valence-corrected chi connectivity index (χ1v) is 5.66. The topological polar surface area (TPSA) is 76.0 Å². The Bertz CT molecular complexity index is 425. The molecule has 0 aliphatic heterocycles. The van der Waals surface area contributed by atoms with Crippen molar-refractivity contribution in [1.29, 1.82) is 0 Å². The molecule has 100 valence electrons. The van der Waals surface area contributed by atoms with Crippen molar-refractivity contribution in [2.45, 2.75) is 25.9 Å². The second-order valence-corrected chi connectivity index (χ2v) is 4.14. The van der Waals surface area contributed by atoms with Crippen LogP contribution >= 0.6 is 0 Å². The fourth-order valence-corrected chi connectivity index (χ4v) is 1.61. The molecule has 1 atom stereocenters. The summed E-state index contributed by atoms with van der Waals surface area (Å²) in [5.74, 6) is -0.251. The quantitative estimate of drug-likeness (QED) is 0.780. The van der Waals surface area contributed by atoms with Crippen LogP contribution in [0.2, 0.25) is 0 Å². The van der Waals surface area contributed by atoms with E-state index in [1.165, 1.54) is 32.2 Å². The second kappa shape index (κ2) is 5.73. The lowest BCUT2D eigenvalue weighted by atomic mass is 9.92. The average molecular weight is 254 g/mol. The zero-order valence-corrected chi connectivity index (χ0v) is 10.8. The highest BCUT2D eigenvalue weighted by Gasteiger charge is 2.28. The van der Waals surface area contributed by atoms with Gasteiger partial charge in [-0.05, 0) is 31.5 Å². The predicted molar refractivity (Wildman–Crippen MR) is 65.5 cm³/mol. The number of methoxy groups -OCH3 is 1. The van der Waals surface area contributed by atoms with Crippen molar-refractivity contribution in [2.75, 3.05) is 13.7 Å². The predicted octanol–water partition coefficient (Wildman–Crippen LogP) is 1.56. The van der Waals surface area contributed by atoms with E-state index in [-0.39, 0.29) is 24.5 Å². The number of ether oxygens (including phenoxy) is 2. The van der Waals surface area contributed by atoms with Crippen molar-refractivity contribution in [3.05, 3.63) is 23.8 Å². The number of benzene rings is 1. The first-order chi connectivity index (χ1) is 8.40. The van der Waals surface area contributed by atoms with Crippen LogP contribution in [0.25, 0.3) is 0 Å². The third-order valence-corrected chi connectivity index (χ3v) is 2.60. The third-order valence-electron chi connectivity index (χ3n) is 2.60. The molecule has 0 fully saturated rings. The van der Waals surface area contributed by atoms with Gasteiger partial charge in [-0.1, -0.05) is 6.07 Å². The van der Waals surface area contributed by atoms with E-state index >= 15 is 0 Å². The molecule has 0 aliphatic rings. The number of rotatable bonds is 5. The standard InChI is InChI=1S/C13H18O5/c1-4-18-12(15)8-13(2,16)9-5-6-10(14)11(7-9)17-3/h5-7,14,16H,4,8H2,1-3H3. The number of hydrogen-bond donors (Lipinski definition) is 2. The minimum Gasteiger partial charge on any atom is -0.504 e. The van der Waals surface area contributed by atoms with E-state index in [1.54, 1.807) is 6.92 Å². The lowest BCUT2D eigenvalue weighted by molar-refractivity contribution is -0.148. The molecule has 0 heterocycles. The van der Waals surface area contributed by atoms with Gasteiger partial charge in [0.05, 0.1) is 25.7 Å². The molecule has 1 rings (SSSR count). The van der Waals surface area contributed by atoms with Gasteiger partial charge in [-0.15, -0.1) is 0 Å². The largest absolute Gasteiger partial charge is 0.504 e. The van der Waals surface area contributed by atoms with Gasteiger partial charge in [0, 0.05) is 0 Å². The van der Waals surface area contributed by atoms with Crippen LogP contribution in [0.3, 0.4) is 0 Å². The van der Waals surface area contributed by atoms with Crippen molar-refractivity contribution in [1.82, 2.24) is 0 Å². The average Bonchev–Trinajstić information content (AvgIpc) is 2.28. The van der Waals surface area contributed by atoms with Gasteiger partial charge in [-0.2, -0.15) is 0 Å². The molecule has 0 saturated carbocycles. The first kappa shape index (κ1) is 14.3. The zero-order valence-electron chi connectivity index (χ0n) is 10.8. The molecule has 2 N–H and O–H groups in total. The van der Waals surface area contributed by atoms with E-state index in [0.717, 1.165) is 0 Å². The molecule has 5 nitrogen and oxygen atoms in total. The maximum absolute atomic E-state index is 11.4. The van der Waals surface area contributed by atoms with Gasteiger partial charge >= 0.3 is 5.97 Å². The highest BCUT2D eigenvalue weighted by molar-refractivity contribution is 5.71. The molecule has 0 amide bonds. The Morgan fingerprint density at radius 1 is 1.44 bits per heavy atom. The molecule has 18 heavy (non-hydrogen) atoms. The minimum atomic E-state index is -1.37. The van der Waals surface area contributed by atoms with Crippen LogP contribution in [-0.2, 0) is 15.1 Å². The molecule has 0 saturated heterocycles. The molecule has 0 spiro atoms. The Morgan fingerprint density at radius 2 is 2.11 bits per heavy atom. The van der Waals surface area contributed by atoms with Crippen molar-refractivity contribution >= 4 is 5.97 Å². The monoisotopic (exact) mass is 254 g/mol. The lowest BCUT2D eigenvalue weighted by Crippen LogP contribution is -2.26. The van der Waals surface area contributed by atoms with Gasteiger partial charge in [0.2, 0.25) is 0 Å². The number of aromatic hydroxyl groups is 1. The number of carbonyl (C=O) groups is 1. The summed E-state index contributed by atoms with van der Waals surface area (Å²) >= 11 is 0. The van der Waals surface area contributed by atoms with Crippen LogP contribution in [0, 0.1) is 0 Å². The zero-order chi connectivity index (χ0) is 13.8. The van der Waals surface area contributed by atoms with E-state index in [9.17, 15) is 15.0 Å². The Balaban J connectivity index is 2.93. The first-order valence-electron chi connectivity index (χ1n) is 5.66. The van der Waals surface area contributed by atoms with Gasteiger partial charge < -0.3 is 19.7 Å². The Morgan fingerprint density at radius 3 is 2.67 bits per heavy atom. The van der Waals surface area contributed by atoms with E-state index in [2.05, 4.69) is 0 Å². The second-order valence-electron chi connectivity index (χ2n) is 4.14. The van der Waals surface area contributed by atoms with E-state index in [4.69, 9.17) is 9.47 Å². The number of phenols is 1. The van der Waals surface area contributed by atoms with Crippen LogP contribution in [0.15, 0.2) is 18.2 Å². The summed E-state index contributed by atoms with van der Waals surface area (Å²) in [6, 6.07) is 4.44. The Hall–Kier alpha value is -1.75.